The van der Waals surface area contributed by atoms with Crippen LogP contribution in [-0.2, 0) is 43.0 Å². The number of carbonyl (C=O) groups excluding carboxylic acids is 4. The van der Waals surface area contributed by atoms with Crippen LogP contribution >= 0.6 is 23.1 Å². The number of aromatic nitrogens is 1. The molecule has 0 aliphatic carbocycles. The number of ether oxygens (including phenoxy) is 4. The summed E-state index contributed by atoms with van der Waals surface area (Å²) in [4.78, 5) is 61.4. The van der Waals surface area contributed by atoms with E-state index in [1.54, 1.807) is 12.3 Å². The second-order valence-corrected chi connectivity index (χ2v) is 9.70. The third kappa shape index (κ3) is 5.82. The normalized spacial score (nSPS) is 19.3. The van der Waals surface area contributed by atoms with Gasteiger partial charge in [0.1, 0.15) is 29.4 Å². The van der Waals surface area contributed by atoms with Crippen LogP contribution < -0.4 is 11.1 Å². The number of hydrogen-bond donors (Lipinski definition) is 2. The number of β-lactam (4-membered cyclic amide) rings is 1. The van der Waals surface area contributed by atoms with Crippen LogP contribution in [0.1, 0.15) is 19.5 Å². The highest BCUT2D eigenvalue weighted by Gasteiger charge is 2.54. The predicted octanol–water partition coefficient (Wildman–Crippen LogP) is 0.359. The molecule has 38 heavy (non-hydrogen) atoms. The summed E-state index contributed by atoms with van der Waals surface area (Å²) in [5.74, 6) is -4.46. The van der Waals surface area contributed by atoms with Gasteiger partial charge >= 0.3 is 11.9 Å². The van der Waals surface area contributed by atoms with Gasteiger partial charge in [0.05, 0.1) is 0 Å². The molecule has 14 nitrogen and oxygen atoms in total. The fourth-order valence-corrected chi connectivity index (χ4v) is 5.20. The first-order chi connectivity index (χ1) is 18.1. The van der Waals surface area contributed by atoms with Crippen molar-refractivity contribution in [1.82, 2.24) is 15.2 Å². The summed E-state index contributed by atoms with van der Waals surface area (Å²) in [5, 5.41) is 7.61. The predicted molar refractivity (Wildman–Crippen MR) is 136 cm³/mol. The quantitative estimate of drug-likeness (QED) is 0.116. The average Bonchev–Trinajstić information content (AvgIpc) is 3.35. The number of nitrogen functional groups attached to an aromatic ring is 1. The molecule has 3 N–H and O–H groups in total. The van der Waals surface area contributed by atoms with Crippen LogP contribution in [0.4, 0.5) is 5.13 Å². The maximum absolute atomic E-state index is 13.1. The van der Waals surface area contributed by atoms with E-state index in [9.17, 15) is 19.2 Å². The molecule has 1 aromatic rings. The van der Waals surface area contributed by atoms with Crippen molar-refractivity contribution in [3.8, 4) is 0 Å². The second-order valence-electron chi connectivity index (χ2n) is 7.70. The molecule has 2 aliphatic rings. The summed E-state index contributed by atoms with van der Waals surface area (Å²) in [6, 6.07) is -0.966. The van der Waals surface area contributed by atoms with Crippen molar-refractivity contribution in [2.24, 2.45) is 5.16 Å². The Hall–Kier alpha value is -3.47. The van der Waals surface area contributed by atoms with Gasteiger partial charge in [-0.05, 0) is 12.5 Å². The first-order valence-electron chi connectivity index (χ1n) is 11.1. The van der Waals surface area contributed by atoms with Crippen LogP contribution in [0.15, 0.2) is 34.5 Å². The number of methoxy groups -OCH3 is 2. The molecule has 2 amide bonds. The molecular weight excluding hydrogens is 542 g/mol. The van der Waals surface area contributed by atoms with Crippen LogP contribution in [0.2, 0.25) is 0 Å². The van der Waals surface area contributed by atoms with Crippen molar-refractivity contribution in [3.63, 3.8) is 0 Å². The molecular formula is C22H27N5O9S2. The Morgan fingerprint density at radius 3 is 2.63 bits per heavy atom. The Morgan fingerprint density at radius 2 is 2.05 bits per heavy atom. The zero-order chi connectivity index (χ0) is 28.0. The number of nitrogens with two attached hydrogens (primary N) is 1. The summed E-state index contributed by atoms with van der Waals surface area (Å²) in [7, 11) is 2.50. The first kappa shape index (κ1) is 29.1. The maximum atomic E-state index is 13.1. The van der Waals surface area contributed by atoms with E-state index < -0.39 is 47.7 Å². The summed E-state index contributed by atoms with van der Waals surface area (Å²) < 4.78 is 19.9. The van der Waals surface area contributed by atoms with Gasteiger partial charge in [-0.25, -0.2) is 14.6 Å². The molecule has 1 saturated heterocycles. The molecule has 3 heterocycles. The lowest BCUT2D eigenvalue weighted by molar-refractivity contribution is -0.229. The van der Waals surface area contributed by atoms with Gasteiger partial charge in [-0.15, -0.1) is 23.1 Å². The molecule has 2 atom stereocenters. The van der Waals surface area contributed by atoms with Crippen molar-refractivity contribution in [1.29, 1.82) is 0 Å². The minimum Gasteiger partial charge on any atom is -0.424 e. The molecule has 206 valence electrons. The molecule has 16 heteroatoms. The van der Waals surface area contributed by atoms with Gasteiger partial charge in [-0.3, -0.25) is 14.5 Å². The Kier molecular flexibility index (Phi) is 9.48. The molecule has 0 bridgehead atoms. The fourth-order valence-electron chi connectivity index (χ4n) is 3.31. The molecule has 1 aromatic heterocycles. The van der Waals surface area contributed by atoms with Crippen molar-refractivity contribution in [2.75, 3.05) is 39.1 Å². The fraction of sp³-hybridized carbons (Fsp3) is 0.455. The van der Waals surface area contributed by atoms with E-state index in [1.807, 2.05) is 0 Å². The Labute approximate surface area is 226 Å². The summed E-state index contributed by atoms with van der Waals surface area (Å²) in [6.07, 6.45) is 1.43. The van der Waals surface area contributed by atoms with Crippen LogP contribution in [0.5, 0.6) is 0 Å². The number of anilines is 1. The third-order valence-corrected chi connectivity index (χ3v) is 7.49. The molecule has 3 rings (SSSR count). The van der Waals surface area contributed by atoms with Gasteiger partial charge in [0.25, 0.3) is 17.6 Å². The smallest absolute Gasteiger partial charge is 0.369 e. The van der Waals surface area contributed by atoms with Crippen molar-refractivity contribution in [3.05, 3.63) is 35.0 Å². The van der Waals surface area contributed by atoms with Gasteiger partial charge in [-0.2, -0.15) is 0 Å². The number of esters is 2. The van der Waals surface area contributed by atoms with Crippen molar-refractivity contribution in [2.45, 2.75) is 31.1 Å². The summed E-state index contributed by atoms with van der Waals surface area (Å²) in [5.41, 5.74) is 6.10. The van der Waals surface area contributed by atoms with E-state index in [-0.39, 0.29) is 28.8 Å². The minimum atomic E-state index is -1.68. The number of thioether (sulfide) groups is 1. The standard InChI is InChI=1S/C22H27N5O9S2/c1-6-11-8-37-18-14(25-16(28)13(26-36-7-2)12-9-38-21(23)24-12)17(29)27(18)15(11)19(30)34-10-35-20(31)22(3,32-4)33-5/h6,9,14,18H,1,7-8,10H2,2-5H3,(H2,23,24)(H,25,28)/t14?,18-/m1/s1. The van der Waals surface area contributed by atoms with Gasteiger partial charge in [-0.1, -0.05) is 17.8 Å². The average molecular weight is 570 g/mol. The zero-order valence-electron chi connectivity index (χ0n) is 21.0. The third-order valence-electron chi connectivity index (χ3n) is 5.52. The largest absolute Gasteiger partial charge is 0.424 e. The van der Waals surface area contributed by atoms with Gasteiger partial charge in [0.2, 0.25) is 6.79 Å². The highest BCUT2D eigenvalue weighted by Crippen LogP contribution is 2.41. The number of rotatable bonds is 12. The van der Waals surface area contributed by atoms with Crippen LogP contribution in [-0.4, -0.2) is 89.9 Å². The number of allylic oxidation sites excluding steroid dienone is 1. The monoisotopic (exact) mass is 569 g/mol. The lowest BCUT2D eigenvalue weighted by atomic mass is 10.0. The molecule has 2 aliphatic heterocycles. The molecule has 0 radical (unpaired) electrons. The van der Waals surface area contributed by atoms with E-state index in [2.05, 4.69) is 22.0 Å². The van der Waals surface area contributed by atoms with E-state index in [0.29, 0.717) is 11.3 Å². The van der Waals surface area contributed by atoms with E-state index >= 15 is 0 Å². The lowest BCUT2D eigenvalue weighted by Gasteiger charge is -2.49. The van der Waals surface area contributed by atoms with Crippen molar-refractivity contribution < 1.29 is 43.0 Å². The molecule has 0 aromatic carbocycles. The Bertz CT molecular complexity index is 1180. The Morgan fingerprint density at radius 1 is 1.34 bits per heavy atom. The summed E-state index contributed by atoms with van der Waals surface area (Å²) >= 11 is 2.44. The number of hydrogen-bond acceptors (Lipinski definition) is 14. The maximum Gasteiger partial charge on any atom is 0.369 e. The van der Waals surface area contributed by atoms with Crippen LogP contribution in [0.25, 0.3) is 0 Å². The van der Waals surface area contributed by atoms with Gasteiger partial charge in [0.15, 0.2) is 10.8 Å². The number of thiazole rings is 1. The van der Waals surface area contributed by atoms with E-state index in [4.69, 9.17) is 29.5 Å². The summed E-state index contributed by atoms with van der Waals surface area (Å²) in [6.45, 7) is 6.18. The number of oxime groups is 1. The first-order valence-corrected chi connectivity index (χ1v) is 13.0. The SMILES string of the molecule is C=CC1=C(C(=O)OCOC(=O)C(C)(OC)OC)N2C(=O)C(NC(=O)C(=NOCC)c3csc(N)n3)[C@H]2SC1. The zero-order valence-corrected chi connectivity index (χ0v) is 22.7. The van der Waals surface area contributed by atoms with Crippen LogP contribution in [0.3, 0.4) is 0 Å². The van der Waals surface area contributed by atoms with E-state index in [1.165, 1.54) is 43.9 Å². The highest BCUT2D eigenvalue weighted by molar-refractivity contribution is 8.00. The van der Waals surface area contributed by atoms with E-state index in [0.717, 1.165) is 11.3 Å². The molecule has 0 saturated carbocycles. The minimum absolute atomic E-state index is 0.0629. The molecule has 0 spiro atoms. The van der Waals surface area contributed by atoms with Crippen LogP contribution in [0, 0.1) is 0 Å². The van der Waals surface area contributed by atoms with Crippen molar-refractivity contribution >= 4 is 57.7 Å². The number of nitrogens with one attached hydrogen (secondary N) is 1. The molecule has 1 unspecified atom stereocenters. The van der Waals surface area contributed by atoms with Gasteiger partial charge in [0, 0.05) is 32.3 Å². The Balaban J connectivity index is 1.70. The molecule has 1 fully saturated rings. The highest BCUT2D eigenvalue weighted by atomic mass is 32.2. The second kappa shape index (κ2) is 12.4. The van der Waals surface area contributed by atoms with Gasteiger partial charge < -0.3 is 34.8 Å². The number of fused-ring (bicyclic) bond motifs is 1. The topological polar surface area (TPSA) is 181 Å². The number of nitrogens with zero attached hydrogens (tertiary/aromatic N) is 3. The number of carbonyl (C=O) groups is 4. The lowest BCUT2D eigenvalue weighted by Crippen LogP contribution is -2.71. The number of amides is 2.